The molecule has 0 radical (unpaired) electrons. The quantitative estimate of drug-likeness (QED) is 0.816. The molecule has 1 amide bonds. The number of carbonyl (C=O) groups excluding carboxylic acids is 1. The molecule has 19 heavy (non-hydrogen) atoms. The van der Waals surface area contributed by atoms with E-state index in [2.05, 4.69) is 23.3 Å². The molecule has 1 aromatic carbocycles. The lowest BCUT2D eigenvalue weighted by Crippen LogP contribution is -2.27. The van der Waals surface area contributed by atoms with E-state index in [4.69, 9.17) is 5.73 Å². The summed E-state index contributed by atoms with van der Waals surface area (Å²) in [7, 11) is 0. The molecular formula is C15H17N3O. The average molecular weight is 255 g/mol. The van der Waals surface area contributed by atoms with Crippen LogP contribution in [0.5, 0.6) is 0 Å². The fourth-order valence-corrected chi connectivity index (χ4v) is 1.77. The molecule has 0 spiro atoms. The van der Waals surface area contributed by atoms with Crippen LogP contribution in [0.2, 0.25) is 0 Å². The molecule has 0 saturated heterocycles. The molecule has 0 aliphatic carbocycles. The standard InChI is InChI=1S/C15H17N3O/c1-11-2-6-14-12(10-11)3-4-13(18-14)5-7-15(19)17-9-8-16/h2-7,10H,8-9,16H2,1H3,(H,17,19)/b7-5+. The van der Waals surface area contributed by atoms with Gasteiger partial charge in [-0.1, -0.05) is 17.7 Å². The van der Waals surface area contributed by atoms with Crippen LogP contribution >= 0.6 is 0 Å². The van der Waals surface area contributed by atoms with Gasteiger partial charge in [-0.25, -0.2) is 4.98 Å². The van der Waals surface area contributed by atoms with Crippen molar-refractivity contribution in [3.8, 4) is 0 Å². The van der Waals surface area contributed by atoms with Crippen LogP contribution in [0.1, 0.15) is 11.3 Å². The first kappa shape index (κ1) is 13.2. The predicted molar refractivity (Wildman–Crippen MR) is 77.6 cm³/mol. The van der Waals surface area contributed by atoms with Crippen molar-refractivity contribution in [2.75, 3.05) is 13.1 Å². The molecule has 0 aliphatic rings. The van der Waals surface area contributed by atoms with Gasteiger partial charge in [0.1, 0.15) is 0 Å². The van der Waals surface area contributed by atoms with Crippen molar-refractivity contribution in [2.45, 2.75) is 6.92 Å². The molecule has 2 rings (SSSR count). The Morgan fingerprint density at radius 2 is 2.21 bits per heavy atom. The molecule has 4 heteroatoms. The Morgan fingerprint density at radius 1 is 1.37 bits per heavy atom. The van der Waals surface area contributed by atoms with E-state index in [1.54, 1.807) is 6.08 Å². The van der Waals surface area contributed by atoms with Crippen molar-refractivity contribution in [1.82, 2.24) is 10.3 Å². The average Bonchev–Trinajstić information content (AvgIpc) is 2.42. The highest BCUT2D eigenvalue weighted by atomic mass is 16.1. The topological polar surface area (TPSA) is 68.0 Å². The monoisotopic (exact) mass is 255 g/mol. The predicted octanol–water partition coefficient (Wildman–Crippen LogP) is 1.63. The van der Waals surface area contributed by atoms with Crippen LogP contribution in [0.25, 0.3) is 17.0 Å². The van der Waals surface area contributed by atoms with Crippen LogP contribution in [-0.2, 0) is 4.79 Å². The molecule has 0 aliphatic heterocycles. The van der Waals surface area contributed by atoms with Gasteiger partial charge in [0.05, 0.1) is 11.2 Å². The molecule has 1 aromatic heterocycles. The van der Waals surface area contributed by atoms with Crippen molar-refractivity contribution in [3.05, 3.63) is 47.7 Å². The van der Waals surface area contributed by atoms with Crippen LogP contribution < -0.4 is 11.1 Å². The Balaban J connectivity index is 2.15. The van der Waals surface area contributed by atoms with Gasteiger partial charge >= 0.3 is 0 Å². The number of aromatic nitrogens is 1. The third-order valence-electron chi connectivity index (χ3n) is 2.72. The Kier molecular flexibility index (Phi) is 4.26. The second kappa shape index (κ2) is 6.11. The molecule has 0 saturated carbocycles. The number of fused-ring (bicyclic) bond motifs is 1. The number of nitrogens with zero attached hydrogens (tertiary/aromatic N) is 1. The summed E-state index contributed by atoms with van der Waals surface area (Å²) in [5.41, 5.74) is 8.20. The fraction of sp³-hybridized carbons (Fsp3) is 0.200. The van der Waals surface area contributed by atoms with Gasteiger partial charge in [0.25, 0.3) is 0 Å². The van der Waals surface area contributed by atoms with Gasteiger partial charge in [-0.3, -0.25) is 4.79 Å². The molecule has 2 aromatic rings. The van der Waals surface area contributed by atoms with Crippen molar-refractivity contribution in [3.63, 3.8) is 0 Å². The number of hydrogen-bond acceptors (Lipinski definition) is 3. The van der Waals surface area contributed by atoms with Gasteiger partial charge in [-0.05, 0) is 31.2 Å². The number of nitrogens with two attached hydrogens (primary N) is 1. The zero-order valence-corrected chi connectivity index (χ0v) is 10.9. The van der Waals surface area contributed by atoms with Crippen molar-refractivity contribution in [2.24, 2.45) is 5.73 Å². The summed E-state index contributed by atoms with van der Waals surface area (Å²) in [6.45, 7) is 2.97. The fourth-order valence-electron chi connectivity index (χ4n) is 1.77. The summed E-state index contributed by atoms with van der Waals surface area (Å²) in [6.07, 6.45) is 3.17. The SMILES string of the molecule is Cc1ccc2nc(/C=C/C(=O)NCCN)ccc2c1. The van der Waals surface area contributed by atoms with E-state index in [1.807, 2.05) is 24.3 Å². The first-order valence-electron chi connectivity index (χ1n) is 6.22. The Hall–Kier alpha value is -2.20. The van der Waals surface area contributed by atoms with E-state index in [0.29, 0.717) is 13.1 Å². The zero-order chi connectivity index (χ0) is 13.7. The Labute approximate surface area is 112 Å². The summed E-state index contributed by atoms with van der Waals surface area (Å²) in [5, 5.41) is 3.77. The maximum Gasteiger partial charge on any atom is 0.244 e. The highest BCUT2D eigenvalue weighted by Gasteiger charge is 1.98. The summed E-state index contributed by atoms with van der Waals surface area (Å²) in [4.78, 5) is 15.9. The summed E-state index contributed by atoms with van der Waals surface area (Å²) in [5.74, 6) is -0.156. The van der Waals surface area contributed by atoms with Gasteiger partial charge < -0.3 is 11.1 Å². The number of nitrogens with one attached hydrogen (secondary N) is 1. The number of rotatable bonds is 4. The smallest absolute Gasteiger partial charge is 0.244 e. The van der Waals surface area contributed by atoms with Crippen LogP contribution in [-0.4, -0.2) is 24.0 Å². The maximum absolute atomic E-state index is 11.4. The third kappa shape index (κ3) is 3.63. The third-order valence-corrected chi connectivity index (χ3v) is 2.72. The first-order chi connectivity index (χ1) is 9.19. The highest BCUT2D eigenvalue weighted by molar-refractivity contribution is 5.91. The lowest BCUT2D eigenvalue weighted by Gasteiger charge is -2.01. The normalized spacial score (nSPS) is 11.1. The maximum atomic E-state index is 11.4. The minimum Gasteiger partial charge on any atom is -0.351 e. The van der Waals surface area contributed by atoms with Crippen LogP contribution in [0.3, 0.4) is 0 Å². The number of carbonyl (C=O) groups is 1. The minimum absolute atomic E-state index is 0.156. The molecule has 3 N–H and O–H groups in total. The molecule has 1 heterocycles. The Bertz CT molecular complexity index is 620. The summed E-state index contributed by atoms with van der Waals surface area (Å²) in [6, 6.07) is 10.00. The first-order valence-corrected chi connectivity index (χ1v) is 6.22. The van der Waals surface area contributed by atoms with Gasteiger partial charge in [-0.15, -0.1) is 0 Å². The molecule has 0 bridgehead atoms. The van der Waals surface area contributed by atoms with Crippen LogP contribution in [0.15, 0.2) is 36.4 Å². The summed E-state index contributed by atoms with van der Waals surface area (Å²) >= 11 is 0. The van der Waals surface area contributed by atoms with E-state index in [0.717, 1.165) is 16.6 Å². The minimum atomic E-state index is -0.156. The van der Waals surface area contributed by atoms with Crippen molar-refractivity contribution in [1.29, 1.82) is 0 Å². The molecule has 0 atom stereocenters. The van der Waals surface area contributed by atoms with Crippen molar-refractivity contribution < 1.29 is 4.79 Å². The second-order valence-corrected chi connectivity index (χ2v) is 4.35. The number of amides is 1. The van der Waals surface area contributed by atoms with E-state index in [1.165, 1.54) is 11.6 Å². The van der Waals surface area contributed by atoms with E-state index in [-0.39, 0.29) is 5.91 Å². The summed E-state index contributed by atoms with van der Waals surface area (Å²) < 4.78 is 0. The molecule has 0 unspecified atom stereocenters. The number of pyridine rings is 1. The highest BCUT2D eigenvalue weighted by Crippen LogP contribution is 2.14. The number of aryl methyl sites for hydroxylation is 1. The molecular weight excluding hydrogens is 238 g/mol. The number of benzene rings is 1. The molecule has 0 fully saturated rings. The zero-order valence-electron chi connectivity index (χ0n) is 10.9. The molecule has 98 valence electrons. The van der Waals surface area contributed by atoms with Gasteiger partial charge in [0, 0.05) is 24.6 Å². The lowest BCUT2D eigenvalue weighted by molar-refractivity contribution is -0.116. The number of hydrogen-bond donors (Lipinski definition) is 2. The van der Waals surface area contributed by atoms with E-state index < -0.39 is 0 Å². The van der Waals surface area contributed by atoms with E-state index >= 15 is 0 Å². The van der Waals surface area contributed by atoms with Crippen LogP contribution in [0, 0.1) is 6.92 Å². The largest absolute Gasteiger partial charge is 0.351 e. The van der Waals surface area contributed by atoms with Gasteiger partial charge in [0.15, 0.2) is 0 Å². The van der Waals surface area contributed by atoms with Crippen LogP contribution in [0.4, 0.5) is 0 Å². The molecule has 4 nitrogen and oxygen atoms in total. The van der Waals surface area contributed by atoms with Gasteiger partial charge in [-0.2, -0.15) is 0 Å². The Morgan fingerprint density at radius 3 is 3.00 bits per heavy atom. The van der Waals surface area contributed by atoms with E-state index in [9.17, 15) is 4.79 Å². The van der Waals surface area contributed by atoms with Gasteiger partial charge in [0.2, 0.25) is 5.91 Å². The second-order valence-electron chi connectivity index (χ2n) is 4.35. The van der Waals surface area contributed by atoms with Crippen molar-refractivity contribution >= 4 is 22.9 Å². The lowest BCUT2D eigenvalue weighted by atomic mass is 10.1.